The highest BCUT2D eigenvalue weighted by Gasteiger charge is 2.28. The van der Waals surface area contributed by atoms with Gasteiger partial charge in [-0.2, -0.15) is 0 Å². The van der Waals surface area contributed by atoms with Gasteiger partial charge in [-0.05, 0) is 25.5 Å². The molecule has 23 heavy (non-hydrogen) atoms. The van der Waals surface area contributed by atoms with Gasteiger partial charge in [-0.3, -0.25) is 14.4 Å². The van der Waals surface area contributed by atoms with Crippen LogP contribution in [0.15, 0.2) is 27.8 Å². The number of benzene rings is 1. The number of nitrogens with zero attached hydrogens (tertiary/aromatic N) is 1. The zero-order valence-electron chi connectivity index (χ0n) is 12.5. The van der Waals surface area contributed by atoms with Crippen molar-refractivity contribution in [3.05, 3.63) is 49.8 Å². The van der Waals surface area contributed by atoms with E-state index in [4.69, 9.17) is 0 Å². The summed E-state index contributed by atoms with van der Waals surface area (Å²) in [4.78, 5) is 36.6. The quantitative estimate of drug-likeness (QED) is 0.553. The summed E-state index contributed by atoms with van der Waals surface area (Å²) in [6.45, 7) is 2.17. The molecule has 2 aromatic rings. The molecule has 0 spiro atoms. The van der Waals surface area contributed by atoms with E-state index in [0.717, 1.165) is 0 Å². The van der Waals surface area contributed by atoms with Gasteiger partial charge in [0.25, 0.3) is 5.91 Å². The first kappa shape index (κ1) is 15.2. The summed E-state index contributed by atoms with van der Waals surface area (Å²) in [5.74, 6) is -0.671. The summed E-state index contributed by atoms with van der Waals surface area (Å²) in [5, 5.41) is 22.5. The summed E-state index contributed by atoms with van der Waals surface area (Å²) >= 11 is 0. The second-order valence-electron chi connectivity index (χ2n) is 5.68. The van der Waals surface area contributed by atoms with Crippen molar-refractivity contribution >= 4 is 17.3 Å². The minimum absolute atomic E-state index is 0.0838. The number of carbonyl (C=O) groups is 1. The Hall–Kier alpha value is -2.67. The second kappa shape index (κ2) is 5.51. The Morgan fingerprint density at radius 2 is 2.04 bits per heavy atom. The number of aromatic hydroxyl groups is 1. The lowest BCUT2D eigenvalue weighted by atomic mass is 10.1. The number of carbonyl (C=O) groups excluding carboxylic acids is 1. The van der Waals surface area contributed by atoms with Crippen molar-refractivity contribution in [3.63, 3.8) is 0 Å². The van der Waals surface area contributed by atoms with E-state index in [1.165, 1.54) is 24.0 Å². The number of rotatable bonds is 3. The Morgan fingerprint density at radius 1 is 1.30 bits per heavy atom. The Morgan fingerprint density at radius 3 is 2.65 bits per heavy atom. The van der Waals surface area contributed by atoms with Crippen LogP contribution in [0.1, 0.15) is 22.3 Å². The molecule has 1 aliphatic heterocycles. The van der Waals surface area contributed by atoms with Gasteiger partial charge in [0.15, 0.2) is 5.75 Å². The lowest BCUT2D eigenvalue weighted by Crippen LogP contribution is -2.36. The molecule has 0 aromatic heterocycles. The Kier molecular flexibility index (Phi) is 3.65. The van der Waals surface area contributed by atoms with Crippen LogP contribution in [0, 0.1) is 6.92 Å². The van der Waals surface area contributed by atoms with Gasteiger partial charge in [-0.1, -0.05) is 6.07 Å². The van der Waals surface area contributed by atoms with Crippen LogP contribution in [-0.2, 0) is 0 Å². The number of hydrogen-bond donors (Lipinski definition) is 3. The molecule has 1 fully saturated rings. The minimum Gasteiger partial charge on any atom is -0.505 e. The van der Waals surface area contributed by atoms with Gasteiger partial charge in [0.2, 0.25) is 10.9 Å². The Labute approximate surface area is 131 Å². The van der Waals surface area contributed by atoms with Crippen LogP contribution in [0.2, 0.25) is 0 Å². The Balaban J connectivity index is 1.88. The smallest absolute Gasteiger partial charge is 0.257 e. The molecule has 1 aliphatic rings. The third-order valence-corrected chi connectivity index (χ3v) is 4.13. The molecule has 7 nitrogen and oxygen atoms in total. The molecule has 1 amide bonds. The van der Waals surface area contributed by atoms with Gasteiger partial charge >= 0.3 is 0 Å². The molecule has 0 saturated carbocycles. The van der Waals surface area contributed by atoms with Gasteiger partial charge in [-0.15, -0.1) is 0 Å². The standard InChI is InChI=1S/C16H16N2O5/c1-8-12(15(22)13(8)20)17-11-4-2-3-10(14(11)21)16(23)18-6-5-9(19)7-18/h2-4,9,17,19,21H,5-7H2,1H3/t9-/m0/s1. The predicted molar refractivity (Wildman–Crippen MR) is 84.0 cm³/mol. The highest BCUT2D eigenvalue weighted by atomic mass is 16.3. The first-order chi connectivity index (χ1) is 10.9. The number of nitrogens with one attached hydrogen (secondary N) is 1. The third-order valence-electron chi connectivity index (χ3n) is 4.13. The SMILES string of the molecule is Cc1c(Nc2cccc(C(=O)N3CC[C@H](O)C3)c2O)c(=O)c1=O. The molecule has 3 N–H and O–H groups in total. The van der Waals surface area contributed by atoms with Crippen LogP contribution in [0.5, 0.6) is 5.75 Å². The van der Waals surface area contributed by atoms with E-state index >= 15 is 0 Å². The van der Waals surface area contributed by atoms with Crippen molar-refractivity contribution in [2.24, 2.45) is 0 Å². The topological polar surface area (TPSA) is 107 Å². The van der Waals surface area contributed by atoms with E-state index < -0.39 is 17.0 Å². The fourth-order valence-electron chi connectivity index (χ4n) is 2.70. The fraction of sp³-hybridized carbons (Fsp3) is 0.312. The largest absolute Gasteiger partial charge is 0.505 e. The summed E-state index contributed by atoms with van der Waals surface area (Å²) < 4.78 is 0. The number of phenolic OH excluding ortho intramolecular Hbond substituents is 1. The fourth-order valence-corrected chi connectivity index (χ4v) is 2.70. The molecule has 3 rings (SSSR count). The van der Waals surface area contributed by atoms with Gasteiger partial charge in [0.1, 0.15) is 0 Å². The summed E-state index contributed by atoms with van der Waals surface area (Å²) in [7, 11) is 0. The van der Waals surface area contributed by atoms with E-state index in [-0.39, 0.29) is 35.1 Å². The third kappa shape index (κ3) is 2.49. The van der Waals surface area contributed by atoms with Crippen LogP contribution in [-0.4, -0.2) is 40.2 Å². The van der Waals surface area contributed by atoms with Crippen molar-refractivity contribution in [1.82, 2.24) is 4.90 Å². The monoisotopic (exact) mass is 316 g/mol. The number of amides is 1. The molecular formula is C16H16N2O5. The molecule has 7 heteroatoms. The van der Waals surface area contributed by atoms with Gasteiger partial charge < -0.3 is 20.4 Å². The number of aliphatic hydroxyl groups is 1. The maximum absolute atomic E-state index is 12.4. The highest BCUT2D eigenvalue weighted by molar-refractivity contribution is 5.99. The van der Waals surface area contributed by atoms with Crippen molar-refractivity contribution in [2.45, 2.75) is 19.4 Å². The zero-order valence-corrected chi connectivity index (χ0v) is 12.5. The van der Waals surface area contributed by atoms with E-state index in [9.17, 15) is 24.6 Å². The lowest BCUT2D eigenvalue weighted by molar-refractivity contribution is 0.0762. The van der Waals surface area contributed by atoms with Crippen LogP contribution in [0.25, 0.3) is 0 Å². The van der Waals surface area contributed by atoms with Crippen molar-refractivity contribution < 1.29 is 15.0 Å². The number of β-amino-alcohol motifs (C(OH)–C–C–N with tert-alkyl or cyclic N) is 1. The normalized spacial score (nSPS) is 17.7. The molecule has 1 heterocycles. The maximum atomic E-state index is 12.4. The number of likely N-dealkylation sites (tertiary alicyclic amines) is 1. The first-order valence-corrected chi connectivity index (χ1v) is 7.26. The molecular weight excluding hydrogens is 300 g/mol. The minimum atomic E-state index is -0.638. The lowest BCUT2D eigenvalue weighted by Gasteiger charge is -2.18. The molecule has 2 aromatic carbocycles. The molecule has 1 atom stereocenters. The maximum Gasteiger partial charge on any atom is 0.257 e. The van der Waals surface area contributed by atoms with Crippen LogP contribution >= 0.6 is 0 Å². The highest BCUT2D eigenvalue weighted by Crippen LogP contribution is 2.31. The van der Waals surface area contributed by atoms with Gasteiger partial charge in [0, 0.05) is 18.7 Å². The number of para-hydroxylation sites is 1. The molecule has 120 valence electrons. The van der Waals surface area contributed by atoms with E-state index in [2.05, 4.69) is 5.32 Å². The van der Waals surface area contributed by atoms with E-state index in [1.807, 2.05) is 0 Å². The second-order valence-corrected chi connectivity index (χ2v) is 5.68. The van der Waals surface area contributed by atoms with Gasteiger partial charge in [-0.25, -0.2) is 0 Å². The zero-order chi connectivity index (χ0) is 16.7. The average molecular weight is 316 g/mol. The summed E-state index contributed by atoms with van der Waals surface area (Å²) in [6.07, 6.45) is -0.0403. The van der Waals surface area contributed by atoms with Crippen LogP contribution in [0.4, 0.5) is 11.4 Å². The van der Waals surface area contributed by atoms with Crippen LogP contribution < -0.4 is 16.2 Å². The van der Waals surface area contributed by atoms with Crippen molar-refractivity contribution in [1.29, 1.82) is 0 Å². The predicted octanol–water partition coefficient (Wildman–Crippen LogP) is 0.247. The number of anilines is 2. The van der Waals surface area contributed by atoms with Crippen LogP contribution in [0.3, 0.4) is 0 Å². The summed E-state index contributed by atoms with van der Waals surface area (Å²) in [6, 6.07) is 4.56. The molecule has 1 saturated heterocycles. The molecule has 0 aliphatic carbocycles. The summed E-state index contributed by atoms with van der Waals surface area (Å²) in [5.41, 5.74) is -0.488. The number of aliphatic hydroxyl groups excluding tert-OH is 1. The number of hydrogen-bond acceptors (Lipinski definition) is 6. The first-order valence-electron chi connectivity index (χ1n) is 7.26. The molecule has 0 unspecified atom stereocenters. The van der Waals surface area contributed by atoms with E-state index in [0.29, 0.717) is 18.5 Å². The van der Waals surface area contributed by atoms with Crippen molar-refractivity contribution in [2.75, 3.05) is 18.4 Å². The van der Waals surface area contributed by atoms with Gasteiger partial charge in [0.05, 0.1) is 23.0 Å². The molecule has 0 bridgehead atoms. The van der Waals surface area contributed by atoms with Crippen molar-refractivity contribution in [3.8, 4) is 5.75 Å². The number of phenols is 1. The average Bonchev–Trinajstić information content (AvgIpc) is 2.98. The Bertz CT molecular complexity index is 851. The van der Waals surface area contributed by atoms with E-state index in [1.54, 1.807) is 6.07 Å². The molecule has 0 radical (unpaired) electrons.